The van der Waals surface area contributed by atoms with E-state index in [4.69, 9.17) is 16.2 Å². The second-order valence-electron chi connectivity index (χ2n) is 3.40. The van der Waals surface area contributed by atoms with Gasteiger partial charge in [0.05, 0.1) is 12.2 Å². The van der Waals surface area contributed by atoms with E-state index in [9.17, 15) is 4.79 Å². The lowest BCUT2D eigenvalue weighted by atomic mass is 10.1. The smallest absolute Gasteiger partial charge is 0.219 e. The monoisotopic (exact) mass is 172 g/mol. The molecule has 1 amide bonds. The molecule has 4 heteroatoms. The lowest BCUT2D eigenvalue weighted by Gasteiger charge is -2.17. The van der Waals surface area contributed by atoms with Crippen LogP contribution in [0.3, 0.4) is 0 Å². The van der Waals surface area contributed by atoms with E-state index in [0.29, 0.717) is 0 Å². The Kier molecular flexibility index (Phi) is 3.05. The highest BCUT2D eigenvalue weighted by Gasteiger charge is 2.27. The predicted octanol–water partition coefficient (Wildman–Crippen LogP) is -0.243. The van der Waals surface area contributed by atoms with E-state index in [1.807, 2.05) is 6.92 Å². The van der Waals surface area contributed by atoms with E-state index < -0.39 is 0 Å². The first-order chi connectivity index (χ1) is 5.59. The Morgan fingerprint density at radius 3 is 2.75 bits per heavy atom. The van der Waals surface area contributed by atoms with E-state index in [1.165, 1.54) is 0 Å². The van der Waals surface area contributed by atoms with E-state index in [2.05, 4.69) is 0 Å². The number of primary amides is 1. The normalized spacial score (nSPS) is 31.8. The van der Waals surface area contributed by atoms with Gasteiger partial charge in [-0.15, -0.1) is 0 Å². The largest absolute Gasteiger partial charge is 0.374 e. The molecule has 1 aliphatic rings. The summed E-state index contributed by atoms with van der Waals surface area (Å²) in [5.74, 6) is -0.356. The summed E-state index contributed by atoms with van der Waals surface area (Å²) >= 11 is 0. The van der Waals surface area contributed by atoms with Crippen LogP contribution in [-0.2, 0) is 9.53 Å². The zero-order chi connectivity index (χ0) is 9.14. The number of ether oxygens (including phenoxy) is 1. The van der Waals surface area contributed by atoms with Crippen LogP contribution in [0.1, 0.15) is 26.2 Å². The van der Waals surface area contributed by atoms with Crippen molar-refractivity contribution < 1.29 is 9.53 Å². The molecule has 0 aromatic carbocycles. The fourth-order valence-electron chi connectivity index (χ4n) is 1.51. The van der Waals surface area contributed by atoms with Crippen molar-refractivity contribution in [3.05, 3.63) is 0 Å². The molecule has 0 aromatic heterocycles. The van der Waals surface area contributed by atoms with Gasteiger partial charge in [0.25, 0.3) is 0 Å². The fourth-order valence-corrected chi connectivity index (χ4v) is 1.51. The predicted molar refractivity (Wildman–Crippen MR) is 45.4 cm³/mol. The first kappa shape index (κ1) is 9.48. The average Bonchev–Trinajstić information content (AvgIpc) is 2.34. The van der Waals surface area contributed by atoms with Crippen molar-refractivity contribution in [3.8, 4) is 0 Å². The minimum Gasteiger partial charge on any atom is -0.374 e. The third kappa shape index (κ3) is 2.46. The lowest BCUT2D eigenvalue weighted by Crippen LogP contribution is -2.38. The van der Waals surface area contributed by atoms with Crippen molar-refractivity contribution in [1.82, 2.24) is 0 Å². The molecule has 1 saturated heterocycles. The maximum Gasteiger partial charge on any atom is 0.219 e. The average molecular weight is 172 g/mol. The summed E-state index contributed by atoms with van der Waals surface area (Å²) in [5, 5.41) is 0. The van der Waals surface area contributed by atoms with E-state index in [0.717, 1.165) is 12.8 Å². The van der Waals surface area contributed by atoms with Crippen molar-refractivity contribution in [2.75, 3.05) is 0 Å². The second-order valence-corrected chi connectivity index (χ2v) is 3.40. The molecule has 1 rings (SSSR count). The zero-order valence-corrected chi connectivity index (χ0v) is 7.32. The maximum absolute atomic E-state index is 10.5. The molecule has 4 N–H and O–H groups in total. The van der Waals surface area contributed by atoms with E-state index in [-0.39, 0.29) is 30.6 Å². The molecule has 4 nitrogen and oxygen atoms in total. The second kappa shape index (κ2) is 3.87. The highest BCUT2D eigenvalue weighted by molar-refractivity contribution is 5.74. The van der Waals surface area contributed by atoms with Crippen LogP contribution in [0.4, 0.5) is 0 Å². The minimum atomic E-state index is -0.356. The topological polar surface area (TPSA) is 78.3 Å². The van der Waals surface area contributed by atoms with Crippen LogP contribution in [0, 0.1) is 0 Å². The first-order valence-corrected chi connectivity index (χ1v) is 4.29. The third-order valence-electron chi connectivity index (χ3n) is 2.18. The Hall–Kier alpha value is -0.610. The Bertz CT molecular complexity index is 172. The summed E-state index contributed by atoms with van der Waals surface area (Å²) in [5.41, 5.74) is 10.7. The maximum atomic E-state index is 10.5. The number of nitrogens with two attached hydrogens (primary N) is 2. The van der Waals surface area contributed by atoms with Crippen LogP contribution in [-0.4, -0.2) is 24.2 Å². The van der Waals surface area contributed by atoms with Gasteiger partial charge in [0, 0.05) is 12.5 Å². The molecule has 1 aliphatic heterocycles. The Labute approximate surface area is 72.2 Å². The molecule has 0 saturated carbocycles. The first-order valence-electron chi connectivity index (χ1n) is 4.29. The molecule has 0 radical (unpaired) electrons. The fraction of sp³-hybridized carbons (Fsp3) is 0.875. The standard InChI is InChI=1S/C8H16N2O2/c1-5-2-3-7(12-5)6(9)4-8(10)11/h5-7H,2-4,9H2,1H3,(H2,10,11). The van der Waals surface area contributed by atoms with Gasteiger partial charge in [-0.25, -0.2) is 0 Å². The number of amides is 1. The molecular weight excluding hydrogens is 156 g/mol. The van der Waals surface area contributed by atoms with Crippen LogP contribution in [0.5, 0.6) is 0 Å². The van der Waals surface area contributed by atoms with Crippen molar-refractivity contribution in [2.24, 2.45) is 11.5 Å². The van der Waals surface area contributed by atoms with Crippen LogP contribution < -0.4 is 11.5 Å². The summed E-state index contributed by atoms with van der Waals surface area (Å²) in [7, 11) is 0. The molecule has 0 spiro atoms. The van der Waals surface area contributed by atoms with E-state index in [1.54, 1.807) is 0 Å². The summed E-state index contributed by atoms with van der Waals surface area (Å²) in [6, 6.07) is -0.229. The molecule has 0 bridgehead atoms. The number of carbonyl (C=O) groups excluding carboxylic acids is 1. The molecule has 1 heterocycles. The molecule has 70 valence electrons. The van der Waals surface area contributed by atoms with Gasteiger partial charge in [0.2, 0.25) is 5.91 Å². The number of carbonyl (C=O) groups is 1. The highest BCUT2D eigenvalue weighted by Crippen LogP contribution is 2.21. The van der Waals surface area contributed by atoms with Gasteiger partial charge in [0.15, 0.2) is 0 Å². The molecule has 3 unspecified atom stereocenters. The lowest BCUT2D eigenvalue weighted by molar-refractivity contribution is -0.119. The van der Waals surface area contributed by atoms with Crippen LogP contribution in [0.25, 0.3) is 0 Å². The van der Waals surface area contributed by atoms with Gasteiger partial charge in [-0.3, -0.25) is 4.79 Å². The van der Waals surface area contributed by atoms with Crippen LogP contribution >= 0.6 is 0 Å². The minimum absolute atomic E-state index is 0.0208. The van der Waals surface area contributed by atoms with E-state index >= 15 is 0 Å². The summed E-state index contributed by atoms with van der Waals surface area (Å²) in [4.78, 5) is 10.5. The van der Waals surface area contributed by atoms with Crippen molar-refractivity contribution in [1.29, 1.82) is 0 Å². The summed E-state index contributed by atoms with van der Waals surface area (Å²) < 4.78 is 5.49. The molecular formula is C8H16N2O2. The van der Waals surface area contributed by atoms with Crippen molar-refractivity contribution in [3.63, 3.8) is 0 Å². The Morgan fingerprint density at radius 1 is 1.67 bits per heavy atom. The number of rotatable bonds is 3. The molecule has 3 atom stereocenters. The molecule has 12 heavy (non-hydrogen) atoms. The number of hydrogen-bond donors (Lipinski definition) is 2. The molecule has 0 aromatic rings. The van der Waals surface area contributed by atoms with Gasteiger partial charge in [-0.2, -0.15) is 0 Å². The van der Waals surface area contributed by atoms with Crippen molar-refractivity contribution in [2.45, 2.75) is 44.4 Å². The van der Waals surface area contributed by atoms with Gasteiger partial charge in [0.1, 0.15) is 0 Å². The summed E-state index contributed by atoms with van der Waals surface area (Å²) in [6.45, 7) is 2.01. The molecule has 1 fully saturated rings. The van der Waals surface area contributed by atoms with Crippen molar-refractivity contribution >= 4 is 5.91 Å². The van der Waals surface area contributed by atoms with Gasteiger partial charge in [-0.05, 0) is 19.8 Å². The molecule has 0 aliphatic carbocycles. The van der Waals surface area contributed by atoms with Crippen LogP contribution in [0.15, 0.2) is 0 Å². The zero-order valence-electron chi connectivity index (χ0n) is 7.32. The van der Waals surface area contributed by atoms with Gasteiger partial charge in [-0.1, -0.05) is 0 Å². The SMILES string of the molecule is CC1CCC(C(N)CC(N)=O)O1. The number of hydrogen-bond acceptors (Lipinski definition) is 3. The van der Waals surface area contributed by atoms with Gasteiger partial charge < -0.3 is 16.2 Å². The quantitative estimate of drug-likeness (QED) is 0.616. The summed E-state index contributed by atoms with van der Waals surface area (Å²) in [6.07, 6.45) is 2.48. The third-order valence-corrected chi connectivity index (χ3v) is 2.18. The Balaban J connectivity index is 2.32. The highest BCUT2D eigenvalue weighted by atomic mass is 16.5. The van der Waals surface area contributed by atoms with Crippen LogP contribution in [0.2, 0.25) is 0 Å². The van der Waals surface area contributed by atoms with Gasteiger partial charge >= 0.3 is 0 Å². The Morgan fingerprint density at radius 2 is 2.33 bits per heavy atom.